The van der Waals surface area contributed by atoms with Gasteiger partial charge in [0.15, 0.2) is 0 Å². The highest BCUT2D eigenvalue weighted by atomic mass is 32.2. The van der Waals surface area contributed by atoms with Crippen LogP contribution in [0.1, 0.15) is 23.6 Å². The maximum Gasteiger partial charge on any atom is 0.245 e. The smallest absolute Gasteiger partial charge is 0.245 e. The number of amides is 1. The number of carbonyl (C=O) groups excluding carboxylic acids is 1. The molecule has 0 bridgehead atoms. The van der Waals surface area contributed by atoms with Gasteiger partial charge in [-0.3, -0.25) is 4.79 Å². The van der Waals surface area contributed by atoms with Gasteiger partial charge in [0.25, 0.3) is 0 Å². The fraction of sp³-hybridized carbons (Fsp3) is 0.240. The van der Waals surface area contributed by atoms with Crippen LogP contribution < -0.4 is 9.62 Å². The summed E-state index contributed by atoms with van der Waals surface area (Å²) in [7, 11) is -4.05. The monoisotopic (exact) mass is 494 g/mol. The SMILES string of the molecule is CCN(C(=O)C(Cc1ccccc1)NS(=O)(=O)c1cccc2nsnc12)c1ccc(C)c(C)c1. The number of fused-ring (bicyclic) bond motifs is 1. The van der Waals surface area contributed by atoms with E-state index < -0.39 is 16.1 Å². The van der Waals surface area contributed by atoms with E-state index in [0.29, 0.717) is 17.6 Å². The lowest BCUT2D eigenvalue weighted by Crippen LogP contribution is -2.50. The number of sulfonamides is 1. The van der Waals surface area contributed by atoms with Crippen LogP contribution in [0.2, 0.25) is 0 Å². The van der Waals surface area contributed by atoms with Gasteiger partial charge in [-0.05, 0) is 68.1 Å². The molecule has 176 valence electrons. The third-order valence-corrected chi connectivity index (χ3v) is 7.85. The number of nitrogens with one attached hydrogen (secondary N) is 1. The van der Waals surface area contributed by atoms with E-state index >= 15 is 0 Å². The average Bonchev–Trinajstić information content (AvgIpc) is 3.31. The molecule has 9 heteroatoms. The van der Waals surface area contributed by atoms with Crippen molar-refractivity contribution in [3.05, 3.63) is 83.4 Å². The fourth-order valence-corrected chi connectivity index (χ4v) is 5.78. The van der Waals surface area contributed by atoms with Crippen molar-refractivity contribution in [2.45, 2.75) is 38.1 Å². The molecule has 1 aromatic heterocycles. The van der Waals surface area contributed by atoms with Crippen LogP contribution in [0.4, 0.5) is 5.69 Å². The summed E-state index contributed by atoms with van der Waals surface area (Å²) < 4.78 is 37.9. The van der Waals surface area contributed by atoms with E-state index in [2.05, 4.69) is 13.5 Å². The summed E-state index contributed by atoms with van der Waals surface area (Å²) >= 11 is 0.952. The normalized spacial score (nSPS) is 12.6. The number of nitrogens with zero attached hydrogens (tertiary/aromatic N) is 3. The summed E-state index contributed by atoms with van der Waals surface area (Å²) in [6.45, 7) is 6.28. The molecule has 7 nitrogen and oxygen atoms in total. The Hall–Kier alpha value is -3.14. The van der Waals surface area contributed by atoms with Gasteiger partial charge in [-0.15, -0.1) is 0 Å². The summed E-state index contributed by atoms with van der Waals surface area (Å²) in [4.78, 5) is 15.4. The van der Waals surface area contributed by atoms with Crippen LogP contribution in [0, 0.1) is 13.8 Å². The summed E-state index contributed by atoms with van der Waals surface area (Å²) in [5.74, 6) is -0.318. The van der Waals surface area contributed by atoms with Gasteiger partial charge in [0.1, 0.15) is 22.0 Å². The summed E-state index contributed by atoms with van der Waals surface area (Å²) in [5.41, 5.74) is 4.58. The Morgan fingerprint density at radius 3 is 2.47 bits per heavy atom. The molecule has 1 heterocycles. The largest absolute Gasteiger partial charge is 0.311 e. The Labute approximate surface area is 203 Å². The van der Waals surface area contributed by atoms with Gasteiger partial charge in [-0.1, -0.05) is 42.5 Å². The van der Waals surface area contributed by atoms with Gasteiger partial charge in [-0.25, -0.2) is 8.42 Å². The zero-order valence-electron chi connectivity index (χ0n) is 19.2. The lowest BCUT2D eigenvalue weighted by molar-refractivity contribution is -0.120. The second-order valence-electron chi connectivity index (χ2n) is 8.10. The lowest BCUT2D eigenvalue weighted by atomic mass is 10.0. The van der Waals surface area contributed by atoms with Gasteiger partial charge < -0.3 is 4.90 Å². The van der Waals surface area contributed by atoms with E-state index in [-0.39, 0.29) is 17.2 Å². The van der Waals surface area contributed by atoms with Crippen molar-refractivity contribution < 1.29 is 13.2 Å². The molecule has 4 rings (SSSR count). The first-order valence-electron chi connectivity index (χ1n) is 11.0. The fourth-order valence-electron chi connectivity index (χ4n) is 3.83. The molecular weight excluding hydrogens is 468 g/mol. The predicted molar refractivity (Wildman–Crippen MR) is 136 cm³/mol. The standard InChI is InChI=1S/C25H26N4O3S2/c1-4-29(20-14-13-17(2)18(3)15-20)25(30)22(16-19-9-6-5-7-10-19)28-34(31,32)23-12-8-11-21-24(23)27-33-26-21/h5-15,22,28H,4,16H2,1-3H3. The molecule has 0 spiro atoms. The zero-order chi connectivity index (χ0) is 24.3. The Morgan fingerprint density at radius 1 is 1.00 bits per heavy atom. The first-order valence-corrected chi connectivity index (χ1v) is 13.2. The highest BCUT2D eigenvalue weighted by Crippen LogP contribution is 2.24. The molecule has 0 saturated heterocycles. The number of aryl methyl sites for hydroxylation is 2. The van der Waals surface area contributed by atoms with Gasteiger partial charge in [0.2, 0.25) is 15.9 Å². The van der Waals surface area contributed by atoms with Gasteiger partial charge in [-0.2, -0.15) is 13.5 Å². The van der Waals surface area contributed by atoms with Crippen LogP contribution in [0.5, 0.6) is 0 Å². The van der Waals surface area contributed by atoms with Gasteiger partial charge in [0, 0.05) is 12.2 Å². The number of rotatable bonds is 8. The lowest BCUT2D eigenvalue weighted by Gasteiger charge is -2.27. The molecule has 0 radical (unpaired) electrons. The molecule has 4 aromatic rings. The Morgan fingerprint density at radius 2 is 1.76 bits per heavy atom. The maximum absolute atomic E-state index is 13.8. The quantitative estimate of drug-likeness (QED) is 0.395. The third kappa shape index (κ3) is 5.01. The Kier molecular flexibility index (Phi) is 7.06. The molecule has 1 atom stereocenters. The van der Waals surface area contributed by atoms with Crippen LogP contribution in [0.25, 0.3) is 11.0 Å². The molecule has 34 heavy (non-hydrogen) atoms. The van der Waals surface area contributed by atoms with Crippen LogP contribution in [-0.4, -0.2) is 35.7 Å². The van der Waals surface area contributed by atoms with Gasteiger partial charge >= 0.3 is 0 Å². The molecule has 1 N–H and O–H groups in total. The minimum atomic E-state index is -4.05. The molecule has 0 saturated carbocycles. The highest BCUT2D eigenvalue weighted by Gasteiger charge is 2.31. The number of likely N-dealkylation sites (N-methyl/N-ethyl adjacent to an activating group) is 1. The van der Waals surface area contributed by atoms with Crippen molar-refractivity contribution in [2.24, 2.45) is 0 Å². The number of benzene rings is 3. The Balaban J connectivity index is 1.72. The zero-order valence-corrected chi connectivity index (χ0v) is 20.9. The molecule has 3 aromatic carbocycles. The van der Waals surface area contributed by atoms with Crippen molar-refractivity contribution in [2.75, 3.05) is 11.4 Å². The topological polar surface area (TPSA) is 92.3 Å². The first-order chi connectivity index (χ1) is 16.3. The maximum atomic E-state index is 13.8. The van der Waals surface area contributed by atoms with E-state index in [1.165, 1.54) is 6.07 Å². The minimum absolute atomic E-state index is 0.0128. The molecular formula is C25H26N4O3S2. The van der Waals surface area contributed by atoms with Crippen molar-refractivity contribution in [3.63, 3.8) is 0 Å². The second-order valence-corrected chi connectivity index (χ2v) is 10.3. The van der Waals surface area contributed by atoms with Crippen molar-refractivity contribution >= 4 is 44.4 Å². The van der Waals surface area contributed by atoms with Crippen LogP contribution >= 0.6 is 11.7 Å². The number of carbonyl (C=O) groups is 1. The van der Waals surface area contributed by atoms with E-state index in [0.717, 1.165) is 34.1 Å². The predicted octanol–water partition coefficient (Wildman–Crippen LogP) is 4.25. The molecule has 0 fully saturated rings. The molecule has 1 amide bonds. The summed E-state index contributed by atoms with van der Waals surface area (Å²) in [5, 5.41) is 0. The number of hydrogen-bond acceptors (Lipinski definition) is 6. The summed E-state index contributed by atoms with van der Waals surface area (Å²) in [6, 6.07) is 19.0. The molecule has 0 aliphatic heterocycles. The minimum Gasteiger partial charge on any atom is -0.311 e. The summed E-state index contributed by atoms with van der Waals surface area (Å²) in [6.07, 6.45) is 0.214. The van der Waals surface area contributed by atoms with Crippen molar-refractivity contribution in [1.29, 1.82) is 0 Å². The highest BCUT2D eigenvalue weighted by molar-refractivity contribution is 7.89. The number of hydrogen-bond donors (Lipinski definition) is 1. The number of anilines is 1. The first kappa shape index (κ1) is 24.0. The van der Waals surface area contributed by atoms with Gasteiger partial charge in [0.05, 0.1) is 11.7 Å². The van der Waals surface area contributed by atoms with Crippen molar-refractivity contribution in [1.82, 2.24) is 13.5 Å². The Bertz CT molecular complexity index is 1420. The van der Waals surface area contributed by atoms with Crippen LogP contribution in [0.15, 0.2) is 71.6 Å². The van der Waals surface area contributed by atoms with E-state index in [1.807, 2.05) is 69.3 Å². The van der Waals surface area contributed by atoms with Crippen LogP contribution in [0.3, 0.4) is 0 Å². The number of aromatic nitrogens is 2. The second kappa shape index (κ2) is 10.0. The molecule has 0 aliphatic carbocycles. The van der Waals surface area contributed by atoms with Crippen LogP contribution in [-0.2, 0) is 21.2 Å². The molecule has 0 aliphatic rings. The van der Waals surface area contributed by atoms with E-state index in [1.54, 1.807) is 17.0 Å². The van der Waals surface area contributed by atoms with Crippen molar-refractivity contribution in [3.8, 4) is 0 Å². The van der Waals surface area contributed by atoms with E-state index in [9.17, 15) is 13.2 Å². The average molecular weight is 495 g/mol. The molecule has 1 unspecified atom stereocenters. The van der Waals surface area contributed by atoms with E-state index in [4.69, 9.17) is 0 Å². The third-order valence-electron chi connectivity index (χ3n) is 5.80.